The van der Waals surface area contributed by atoms with E-state index in [4.69, 9.17) is 11.2 Å². The van der Waals surface area contributed by atoms with Crippen LogP contribution >= 0.6 is 15.9 Å². The van der Waals surface area contributed by atoms with Crippen LogP contribution in [0.4, 0.5) is 0 Å². The number of hydrogen-bond acceptors (Lipinski definition) is 2. The lowest BCUT2D eigenvalue weighted by molar-refractivity contribution is 0.398. The monoisotopic (exact) mass is 394 g/mol. The highest BCUT2D eigenvalue weighted by Gasteiger charge is 2.40. The van der Waals surface area contributed by atoms with E-state index in [-0.39, 0.29) is 10.7 Å². The summed E-state index contributed by atoms with van der Waals surface area (Å²) in [5.74, 6) is 0. The highest BCUT2D eigenvalue weighted by molar-refractivity contribution is 9.11. The summed E-state index contributed by atoms with van der Waals surface area (Å²) >= 11 is 9.07. The van der Waals surface area contributed by atoms with Gasteiger partial charge in [-0.15, -0.1) is 13.2 Å². The van der Waals surface area contributed by atoms with Crippen molar-refractivity contribution in [1.29, 1.82) is 0 Å². The minimum Gasteiger partial charge on any atom is -0.251 e. The van der Waals surface area contributed by atoms with Gasteiger partial charge in [-0.05, 0) is 36.2 Å². The van der Waals surface area contributed by atoms with Gasteiger partial charge in [-0.2, -0.15) is 0 Å². The SMILES string of the molecule is C=CCC1(C(C=C)S(=O)(=S)c2ccccc2)C=CC(Br)=CC1. The van der Waals surface area contributed by atoms with Crippen LogP contribution in [0.5, 0.6) is 0 Å². The summed E-state index contributed by atoms with van der Waals surface area (Å²) in [7, 11) is -2.68. The first-order valence-corrected chi connectivity index (χ1v) is 10.4. The van der Waals surface area contributed by atoms with E-state index in [1.807, 2.05) is 42.5 Å². The van der Waals surface area contributed by atoms with E-state index in [0.29, 0.717) is 11.3 Å². The summed E-state index contributed by atoms with van der Waals surface area (Å²) in [6, 6.07) is 9.32. The van der Waals surface area contributed by atoms with E-state index in [0.717, 1.165) is 10.9 Å². The second-order valence-electron chi connectivity index (χ2n) is 5.37. The molecule has 1 aliphatic rings. The van der Waals surface area contributed by atoms with Crippen molar-refractivity contribution in [1.82, 2.24) is 0 Å². The summed E-state index contributed by atoms with van der Waals surface area (Å²) in [5.41, 5.74) is -0.338. The smallest absolute Gasteiger partial charge is 0.0689 e. The van der Waals surface area contributed by atoms with Gasteiger partial charge in [0.05, 0.1) is 13.7 Å². The van der Waals surface area contributed by atoms with Gasteiger partial charge in [0.15, 0.2) is 0 Å². The van der Waals surface area contributed by atoms with Crippen LogP contribution in [0.3, 0.4) is 0 Å². The van der Waals surface area contributed by atoms with Crippen molar-refractivity contribution < 1.29 is 4.21 Å². The number of allylic oxidation sites excluding steroid dienone is 5. The van der Waals surface area contributed by atoms with Gasteiger partial charge >= 0.3 is 0 Å². The third kappa shape index (κ3) is 3.34. The fourth-order valence-corrected chi connectivity index (χ4v) is 6.25. The molecule has 22 heavy (non-hydrogen) atoms. The molecule has 0 aromatic heterocycles. The molecular weight excluding hydrogens is 376 g/mol. The van der Waals surface area contributed by atoms with E-state index in [1.165, 1.54) is 0 Å². The van der Waals surface area contributed by atoms with Crippen LogP contribution in [0.2, 0.25) is 0 Å². The van der Waals surface area contributed by atoms with Crippen LogP contribution in [0, 0.1) is 5.41 Å². The van der Waals surface area contributed by atoms with Crippen molar-refractivity contribution in [3.8, 4) is 0 Å². The molecule has 0 spiro atoms. The van der Waals surface area contributed by atoms with Crippen LogP contribution in [0.15, 0.2) is 83.2 Å². The molecule has 1 aliphatic carbocycles. The van der Waals surface area contributed by atoms with Gasteiger partial charge in [-0.25, -0.2) is 0 Å². The van der Waals surface area contributed by atoms with Gasteiger partial charge in [0.2, 0.25) is 0 Å². The third-order valence-electron chi connectivity index (χ3n) is 3.96. The Hall–Kier alpha value is -0.970. The Morgan fingerprint density at radius 2 is 2.05 bits per heavy atom. The number of hydrogen-bond donors (Lipinski definition) is 0. The molecule has 1 nitrogen and oxygen atoms in total. The van der Waals surface area contributed by atoms with Gasteiger partial charge < -0.3 is 0 Å². The fourth-order valence-electron chi connectivity index (χ4n) is 2.84. The third-order valence-corrected chi connectivity index (χ3v) is 8.01. The molecule has 0 saturated heterocycles. The molecule has 1 aromatic rings. The number of rotatable bonds is 6. The molecule has 0 radical (unpaired) electrons. The van der Waals surface area contributed by atoms with Crippen LogP contribution in [-0.2, 0) is 19.7 Å². The summed E-state index contributed by atoms with van der Waals surface area (Å²) < 4.78 is 14.5. The quantitative estimate of drug-likeness (QED) is 0.620. The molecule has 3 unspecified atom stereocenters. The molecule has 4 heteroatoms. The lowest BCUT2D eigenvalue weighted by atomic mass is 9.75. The van der Waals surface area contributed by atoms with E-state index < -0.39 is 8.49 Å². The first kappa shape index (κ1) is 17.4. The lowest BCUT2D eigenvalue weighted by Crippen LogP contribution is -2.38. The minimum atomic E-state index is -2.68. The van der Waals surface area contributed by atoms with E-state index in [9.17, 15) is 4.21 Å². The Morgan fingerprint density at radius 3 is 2.55 bits per heavy atom. The predicted octanol–water partition coefficient (Wildman–Crippen LogP) is 5.15. The molecule has 2 rings (SSSR count). The maximum atomic E-state index is 13.4. The predicted molar refractivity (Wildman–Crippen MR) is 102 cm³/mol. The molecule has 0 amide bonds. The second-order valence-corrected chi connectivity index (χ2v) is 9.84. The van der Waals surface area contributed by atoms with Gasteiger partial charge in [0.1, 0.15) is 0 Å². The standard InChI is InChI=1S/C18H19BrOS2/c1-3-12-18(13-10-15(19)11-14-18)17(4-2)22(20,21)16-8-6-5-7-9-16/h3-11,13,17H,1-2,12,14H2. The van der Waals surface area contributed by atoms with Crippen molar-refractivity contribution in [2.24, 2.45) is 5.41 Å². The van der Waals surface area contributed by atoms with E-state index in [1.54, 1.807) is 6.08 Å². The second kappa shape index (κ2) is 7.07. The largest absolute Gasteiger partial charge is 0.251 e. The molecule has 0 fully saturated rings. The van der Waals surface area contributed by atoms with Crippen molar-refractivity contribution in [3.05, 3.63) is 78.4 Å². The Balaban J connectivity index is 2.52. The van der Waals surface area contributed by atoms with Crippen LogP contribution < -0.4 is 0 Å². The molecule has 0 N–H and O–H groups in total. The highest BCUT2D eigenvalue weighted by Crippen LogP contribution is 2.43. The maximum Gasteiger partial charge on any atom is 0.0689 e. The molecular formula is C18H19BrOS2. The topological polar surface area (TPSA) is 17.1 Å². The average Bonchev–Trinajstić information content (AvgIpc) is 2.52. The van der Waals surface area contributed by atoms with Crippen molar-refractivity contribution in [2.75, 3.05) is 0 Å². The Kier molecular flexibility index (Phi) is 5.59. The Morgan fingerprint density at radius 1 is 1.36 bits per heavy atom. The van der Waals surface area contributed by atoms with Crippen molar-refractivity contribution in [3.63, 3.8) is 0 Å². The number of benzene rings is 1. The van der Waals surface area contributed by atoms with Gasteiger partial charge in [0, 0.05) is 14.8 Å². The molecule has 0 bridgehead atoms. The number of halogens is 1. The molecule has 0 heterocycles. The molecule has 3 atom stereocenters. The summed E-state index contributed by atoms with van der Waals surface area (Å²) in [6.45, 7) is 7.79. The summed E-state index contributed by atoms with van der Waals surface area (Å²) in [6.07, 6.45) is 11.3. The first-order chi connectivity index (χ1) is 10.5. The zero-order valence-electron chi connectivity index (χ0n) is 12.3. The van der Waals surface area contributed by atoms with Crippen LogP contribution in [0.25, 0.3) is 0 Å². The van der Waals surface area contributed by atoms with Crippen molar-refractivity contribution >= 4 is 35.6 Å². The zero-order chi connectivity index (χ0) is 16.2. The average molecular weight is 395 g/mol. The maximum absolute atomic E-state index is 13.4. The molecule has 1 aromatic carbocycles. The van der Waals surface area contributed by atoms with E-state index >= 15 is 0 Å². The van der Waals surface area contributed by atoms with Gasteiger partial charge in [-0.1, -0.05) is 64.5 Å². The molecule has 116 valence electrons. The van der Waals surface area contributed by atoms with Crippen molar-refractivity contribution in [2.45, 2.75) is 23.0 Å². The minimum absolute atomic E-state index is 0.330. The summed E-state index contributed by atoms with van der Waals surface area (Å²) in [5, 5.41) is -0.330. The lowest BCUT2D eigenvalue weighted by Gasteiger charge is -2.38. The normalized spacial score (nSPS) is 24.9. The van der Waals surface area contributed by atoms with Crippen LogP contribution in [0.1, 0.15) is 12.8 Å². The highest BCUT2D eigenvalue weighted by atomic mass is 79.9. The molecule has 0 saturated carbocycles. The molecule has 0 aliphatic heterocycles. The Bertz CT molecular complexity index is 717. The first-order valence-electron chi connectivity index (χ1n) is 7.03. The van der Waals surface area contributed by atoms with Gasteiger partial charge in [0.25, 0.3) is 0 Å². The summed E-state index contributed by atoms with van der Waals surface area (Å²) in [4.78, 5) is 0.695. The Labute approximate surface area is 146 Å². The zero-order valence-corrected chi connectivity index (χ0v) is 15.5. The fraction of sp³-hybridized carbons (Fsp3) is 0.222. The van der Waals surface area contributed by atoms with Crippen LogP contribution in [-0.4, -0.2) is 9.46 Å². The van der Waals surface area contributed by atoms with Gasteiger partial charge in [-0.3, -0.25) is 4.21 Å². The van der Waals surface area contributed by atoms with E-state index in [2.05, 4.69) is 41.2 Å².